The van der Waals surface area contributed by atoms with Crippen LogP contribution < -0.4 is 5.73 Å². The summed E-state index contributed by atoms with van der Waals surface area (Å²) in [6, 6.07) is 4.18. The number of likely N-dealkylation sites (N-methyl/N-ethyl adjacent to an activating group) is 1. The SMILES string of the molecule is Cc1ccc(CN(CCN(C)C)C(=O)CCc2nc(N)n[nH]2)s1. The number of nitrogen functional groups attached to an aromatic ring is 1. The fraction of sp³-hybridized carbons (Fsp3) is 0.533. The molecule has 8 heteroatoms. The van der Waals surface area contributed by atoms with Gasteiger partial charge in [-0.1, -0.05) is 0 Å². The van der Waals surface area contributed by atoms with E-state index < -0.39 is 0 Å². The summed E-state index contributed by atoms with van der Waals surface area (Å²) in [5, 5.41) is 6.52. The largest absolute Gasteiger partial charge is 0.367 e. The minimum atomic E-state index is 0.118. The molecule has 0 fully saturated rings. The normalized spacial score (nSPS) is 11.1. The van der Waals surface area contributed by atoms with E-state index in [1.54, 1.807) is 11.3 Å². The van der Waals surface area contributed by atoms with Gasteiger partial charge in [-0.2, -0.15) is 4.98 Å². The molecule has 0 aliphatic heterocycles. The van der Waals surface area contributed by atoms with Crippen LogP contribution in [0.3, 0.4) is 0 Å². The van der Waals surface area contributed by atoms with Gasteiger partial charge in [0, 0.05) is 35.7 Å². The number of rotatable bonds is 8. The molecule has 0 aliphatic carbocycles. The maximum Gasteiger partial charge on any atom is 0.239 e. The highest BCUT2D eigenvalue weighted by Gasteiger charge is 2.16. The lowest BCUT2D eigenvalue weighted by Gasteiger charge is -2.24. The predicted octanol–water partition coefficient (Wildman–Crippen LogP) is 1.28. The third-order valence-corrected chi connectivity index (χ3v) is 4.42. The maximum atomic E-state index is 12.6. The van der Waals surface area contributed by atoms with Crippen LogP contribution >= 0.6 is 11.3 Å². The number of hydrogen-bond donors (Lipinski definition) is 2. The van der Waals surface area contributed by atoms with Gasteiger partial charge >= 0.3 is 0 Å². The molecular formula is C15H24N6OS. The highest BCUT2D eigenvalue weighted by atomic mass is 32.1. The van der Waals surface area contributed by atoms with Gasteiger partial charge in [0.2, 0.25) is 11.9 Å². The lowest BCUT2D eigenvalue weighted by molar-refractivity contribution is -0.131. The second-order valence-electron chi connectivity index (χ2n) is 5.77. The average molecular weight is 336 g/mol. The molecule has 0 bridgehead atoms. The number of nitrogens with two attached hydrogens (primary N) is 1. The Labute approximate surface area is 140 Å². The summed E-state index contributed by atoms with van der Waals surface area (Å²) in [5.74, 6) is 0.981. The molecule has 2 aromatic heterocycles. The Bertz CT molecular complexity index is 635. The van der Waals surface area contributed by atoms with E-state index in [0.29, 0.717) is 31.8 Å². The van der Waals surface area contributed by atoms with Crippen molar-refractivity contribution in [1.82, 2.24) is 25.0 Å². The van der Waals surface area contributed by atoms with Crippen LogP contribution in [-0.2, 0) is 17.8 Å². The van der Waals surface area contributed by atoms with Gasteiger partial charge in [-0.25, -0.2) is 0 Å². The Balaban J connectivity index is 1.95. The van der Waals surface area contributed by atoms with E-state index in [2.05, 4.69) is 39.1 Å². The number of aromatic nitrogens is 3. The van der Waals surface area contributed by atoms with E-state index in [1.807, 2.05) is 19.0 Å². The molecule has 0 aliphatic rings. The standard InChI is InChI=1S/C15H24N6OS/c1-11-4-5-12(23-11)10-21(9-8-20(2)3)14(22)7-6-13-17-15(16)19-18-13/h4-5H,6-10H2,1-3H3,(H3,16,17,18,19). The number of nitrogens with one attached hydrogen (secondary N) is 1. The number of thiophene rings is 1. The maximum absolute atomic E-state index is 12.6. The van der Waals surface area contributed by atoms with Crippen LogP contribution in [0.15, 0.2) is 12.1 Å². The van der Waals surface area contributed by atoms with Crippen LogP contribution in [0.4, 0.5) is 5.95 Å². The van der Waals surface area contributed by atoms with E-state index in [-0.39, 0.29) is 11.9 Å². The quantitative estimate of drug-likeness (QED) is 0.758. The summed E-state index contributed by atoms with van der Waals surface area (Å²) in [4.78, 5) is 23.1. The molecule has 1 amide bonds. The molecule has 0 saturated carbocycles. The van der Waals surface area contributed by atoms with E-state index in [1.165, 1.54) is 9.75 Å². The summed E-state index contributed by atoms with van der Waals surface area (Å²) < 4.78 is 0. The monoisotopic (exact) mass is 336 g/mol. The highest BCUT2D eigenvalue weighted by Crippen LogP contribution is 2.17. The summed E-state index contributed by atoms with van der Waals surface area (Å²) >= 11 is 1.73. The molecule has 7 nitrogen and oxygen atoms in total. The second-order valence-corrected chi connectivity index (χ2v) is 7.14. The molecule has 2 rings (SSSR count). The van der Waals surface area contributed by atoms with Crippen LogP contribution in [0.1, 0.15) is 22.0 Å². The van der Waals surface area contributed by atoms with Gasteiger partial charge in [-0.3, -0.25) is 9.89 Å². The van der Waals surface area contributed by atoms with Gasteiger partial charge in [0.1, 0.15) is 5.82 Å². The van der Waals surface area contributed by atoms with Gasteiger partial charge in [-0.05, 0) is 33.2 Å². The lowest BCUT2D eigenvalue weighted by Crippen LogP contribution is -2.36. The zero-order valence-electron chi connectivity index (χ0n) is 13.9. The smallest absolute Gasteiger partial charge is 0.239 e. The van der Waals surface area contributed by atoms with Crippen LogP contribution in [0.5, 0.6) is 0 Å². The number of carbonyl (C=O) groups excluding carboxylic acids is 1. The zero-order valence-corrected chi connectivity index (χ0v) is 14.7. The van der Waals surface area contributed by atoms with Gasteiger partial charge in [0.25, 0.3) is 0 Å². The van der Waals surface area contributed by atoms with Gasteiger partial charge in [0.05, 0.1) is 6.54 Å². The molecule has 0 radical (unpaired) electrons. The third-order valence-electron chi connectivity index (χ3n) is 3.44. The average Bonchev–Trinajstić information content (AvgIpc) is 3.09. The first-order chi connectivity index (χ1) is 10.9. The molecule has 0 spiro atoms. The van der Waals surface area contributed by atoms with Crippen LogP contribution in [0, 0.1) is 6.92 Å². The minimum absolute atomic E-state index is 0.118. The van der Waals surface area contributed by atoms with Gasteiger partial charge in [-0.15, -0.1) is 16.4 Å². The van der Waals surface area contributed by atoms with Crippen molar-refractivity contribution < 1.29 is 4.79 Å². The molecule has 23 heavy (non-hydrogen) atoms. The number of anilines is 1. The molecular weight excluding hydrogens is 312 g/mol. The van der Waals surface area contributed by atoms with E-state index >= 15 is 0 Å². The van der Waals surface area contributed by atoms with E-state index in [4.69, 9.17) is 5.73 Å². The van der Waals surface area contributed by atoms with Crippen molar-refractivity contribution in [3.63, 3.8) is 0 Å². The third kappa shape index (κ3) is 5.65. The second kappa shape index (κ2) is 8.07. The summed E-state index contributed by atoms with van der Waals surface area (Å²) in [5.41, 5.74) is 5.48. The lowest BCUT2D eigenvalue weighted by atomic mass is 10.2. The Kier molecular flexibility index (Phi) is 6.12. The highest BCUT2D eigenvalue weighted by molar-refractivity contribution is 7.11. The van der Waals surface area contributed by atoms with Crippen LogP contribution in [0.25, 0.3) is 0 Å². The van der Waals surface area contributed by atoms with Crippen molar-refractivity contribution >= 4 is 23.2 Å². The number of H-pyrrole nitrogens is 1. The molecule has 2 heterocycles. The number of aryl methyl sites for hydroxylation is 2. The Morgan fingerprint density at radius 2 is 2.13 bits per heavy atom. The van der Waals surface area contributed by atoms with Crippen molar-refractivity contribution in [1.29, 1.82) is 0 Å². The molecule has 2 aromatic rings. The molecule has 0 aromatic carbocycles. The Morgan fingerprint density at radius 3 is 2.70 bits per heavy atom. The van der Waals surface area contributed by atoms with Crippen molar-refractivity contribution in [3.05, 3.63) is 27.7 Å². The molecule has 3 N–H and O–H groups in total. The molecule has 0 saturated heterocycles. The fourth-order valence-electron chi connectivity index (χ4n) is 2.18. The van der Waals surface area contributed by atoms with E-state index in [9.17, 15) is 4.79 Å². The Hall–Kier alpha value is -1.93. The molecule has 0 atom stereocenters. The van der Waals surface area contributed by atoms with Gasteiger partial charge in [0.15, 0.2) is 0 Å². The zero-order chi connectivity index (χ0) is 16.8. The summed E-state index contributed by atoms with van der Waals surface area (Å²) in [7, 11) is 4.02. The Morgan fingerprint density at radius 1 is 1.35 bits per heavy atom. The predicted molar refractivity (Wildman–Crippen MR) is 92.1 cm³/mol. The first-order valence-corrected chi connectivity index (χ1v) is 8.40. The topological polar surface area (TPSA) is 91.1 Å². The number of aromatic amines is 1. The molecule has 0 unspecified atom stereocenters. The fourth-order valence-corrected chi connectivity index (χ4v) is 3.08. The first kappa shape index (κ1) is 17.4. The van der Waals surface area contributed by atoms with Crippen molar-refractivity contribution in [3.8, 4) is 0 Å². The van der Waals surface area contributed by atoms with Crippen molar-refractivity contribution in [2.45, 2.75) is 26.3 Å². The van der Waals surface area contributed by atoms with E-state index in [0.717, 1.165) is 6.54 Å². The summed E-state index contributed by atoms with van der Waals surface area (Å²) in [6.45, 7) is 4.28. The van der Waals surface area contributed by atoms with Crippen LogP contribution in [-0.4, -0.2) is 58.1 Å². The first-order valence-electron chi connectivity index (χ1n) is 7.58. The van der Waals surface area contributed by atoms with Gasteiger partial charge < -0.3 is 15.5 Å². The van der Waals surface area contributed by atoms with Crippen LogP contribution in [0.2, 0.25) is 0 Å². The number of carbonyl (C=O) groups is 1. The van der Waals surface area contributed by atoms with Crippen molar-refractivity contribution in [2.75, 3.05) is 32.9 Å². The number of amides is 1. The number of hydrogen-bond acceptors (Lipinski definition) is 6. The van der Waals surface area contributed by atoms with Crippen molar-refractivity contribution in [2.24, 2.45) is 0 Å². The number of nitrogens with zero attached hydrogens (tertiary/aromatic N) is 4. The summed E-state index contributed by atoms with van der Waals surface area (Å²) in [6.07, 6.45) is 0.914. The minimum Gasteiger partial charge on any atom is -0.367 e. The molecule has 126 valence electrons.